The smallest absolute Gasteiger partial charge is 0.249 e. The summed E-state index contributed by atoms with van der Waals surface area (Å²) in [6, 6.07) is 4.63. The molecule has 0 aliphatic carbocycles. The maximum Gasteiger partial charge on any atom is 0.249 e. The first-order valence-electron chi connectivity index (χ1n) is 9.12. The van der Waals surface area contributed by atoms with Gasteiger partial charge in [-0.1, -0.05) is 6.07 Å². The number of nitrogens with zero attached hydrogens (tertiary/aromatic N) is 4. The molecule has 0 spiro atoms. The van der Waals surface area contributed by atoms with Gasteiger partial charge in [-0.15, -0.1) is 0 Å². The van der Waals surface area contributed by atoms with E-state index in [1.54, 1.807) is 23.4 Å². The van der Waals surface area contributed by atoms with Crippen LogP contribution in [0.4, 0.5) is 14.7 Å². The van der Waals surface area contributed by atoms with Crippen LogP contribution in [0.5, 0.6) is 0 Å². The van der Waals surface area contributed by atoms with Crippen molar-refractivity contribution >= 4 is 21.9 Å². The van der Waals surface area contributed by atoms with Gasteiger partial charge in [0.05, 0.1) is 0 Å². The third-order valence-electron chi connectivity index (χ3n) is 4.52. The molecule has 0 bridgehead atoms. The Morgan fingerprint density at radius 1 is 1.03 bits per heavy atom. The lowest BCUT2D eigenvalue weighted by molar-refractivity contribution is -0.132. The van der Waals surface area contributed by atoms with E-state index in [0.717, 1.165) is 22.5 Å². The summed E-state index contributed by atoms with van der Waals surface area (Å²) in [6.07, 6.45) is 4.08. The summed E-state index contributed by atoms with van der Waals surface area (Å²) >= 11 is 0. The van der Waals surface area contributed by atoms with E-state index in [4.69, 9.17) is 0 Å². The Balaban J connectivity index is 1.49. The summed E-state index contributed by atoms with van der Waals surface area (Å²) in [5.41, 5.74) is 0. The molecule has 8 nitrogen and oxygen atoms in total. The fourth-order valence-electron chi connectivity index (χ4n) is 3.02. The molecule has 11 heteroatoms. The molecular formula is C18H21F2N5O3S. The number of sulfonamides is 1. The SMILES string of the molecule is O=C(CCCNc1ncccn1)N1CCN(S(=O)(=O)c2c(F)cccc2F)CC1. The van der Waals surface area contributed by atoms with Crippen molar-refractivity contribution < 1.29 is 22.0 Å². The highest BCUT2D eigenvalue weighted by atomic mass is 32.2. The van der Waals surface area contributed by atoms with Gasteiger partial charge in [0.15, 0.2) is 4.90 Å². The van der Waals surface area contributed by atoms with Crippen molar-refractivity contribution in [3.05, 3.63) is 48.3 Å². The first kappa shape index (κ1) is 21.1. The monoisotopic (exact) mass is 425 g/mol. The largest absolute Gasteiger partial charge is 0.354 e. The number of nitrogens with one attached hydrogen (secondary N) is 1. The zero-order valence-electron chi connectivity index (χ0n) is 15.6. The molecule has 0 unspecified atom stereocenters. The second kappa shape index (κ2) is 9.23. The third kappa shape index (κ3) is 5.04. The van der Waals surface area contributed by atoms with E-state index >= 15 is 0 Å². The van der Waals surface area contributed by atoms with E-state index in [2.05, 4.69) is 15.3 Å². The topological polar surface area (TPSA) is 95.5 Å². The minimum Gasteiger partial charge on any atom is -0.354 e. The Morgan fingerprint density at radius 3 is 2.28 bits per heavy atom. The summed E-state index contributed by atoms with van der Waals surface area (Å²) in [4.78, 5) is 21.0. The summed E-state index contributed by atoms with van der Waals surface area (Å²) in [7, 11) is -4.30. The van der Waals surface area contributed by atoms with Crippen molar-refractivity contribution in [1.82, 2.24) is 19.2 Å². The molecule has 3 rings (SSSR count). The fourth-order valence-corrected chi connectivity index (χ4v) is 4.56. The molecule has 1 amide bonds. The lowest BCUT2D eigenvalue weighted by Gasteiger charge is -2.34. The molecule has 2 heterocycles. The summed E-state index contributed by atoms with van der Waals surface area (Å²) in [5, 5.41) is 3.01. The zero-order chi connectivity index (χ0) is 20.9. The molecule has 156 valence electrons. The van der Waals surface area contributed by atoms with Gasteiger partial charge in [0, 0.05) is 51.5 Å². The Hall–Kier alpha value is -2.66. The second-order valence-corrected chi connectivity index (χ2v) is 8.31. The molecule has 1 fully saturated rings. The predicted molar refractivity (Wildman–Crippen MR) is 101 cm³/mol. The molecule has 2 aromatic rings. The van der Waals surface area contributed by atoms with Crippen molar-refractivity contribution in [2.24, 2.45) is 0 Å². The van der Waals surface area contributed by atoms with Crippen LogP contribution in [0.15, 0.2) is 41.6 Å². The third-order valence-corrected chi connectivity index (χ3v) is 6.48. The van der Waals surface area contributed by atoms with Crippen molar-refractivity contribution in [1.29, 1.82) is 0 Å². The molecule has 0 atom stereocenters. The van der Waals surface area contributed by atoms with Gasteiger partial charge in [0.1, 0.15) is 11.6 Å². The summed E-state index contributed by atoms with van der Waals surface area (Å²) < 4.78 is 53.9. The minimum absolute atomic E-state index is 0.0159. The van der Waals surface area contributed by atoms with Crippen LogP contribution in [-0.2, 0) is 14.8 Å². The van der Waals surface area contributed by atoms with Gasteiger partial charge in [-0.3, -0.25) is 4.79 Å². The maximum atomic E-state index is 13.9. The summed E-state index contributed by atoms with van der Waals surface area (Å²) in [6.45, 7) is 0.833. The Morgan fingerprint density at radius 2 is 1.66 bits per heavy atom. The predicted octanol–water partition coefficient (Wildman–Crippen LogP) is 1.48. The van der Waals surface area contributed by atoms with Crippen LogP contribution >= 0.6 is 0 Å². The van der Waals surface area contributed by atoms with Gasteiger partial charge in [-0.05, 0) is 24.6 Å². The van der Waals surface area contributed by atoms with Gasteiger partial charge in [-0.2, -0.15) is 4.31 Å². The molecule has 1 aromatic carbocycles. The first-order valence-corrected chi connectivity index (χ1v) is 10.6. The van der Waals surface area contributed by atoms with Gasteiger partial charge in [0.2, 0.25) is 21.9 Å². The average Bonchev–Trinajstić information content (AvgIpc) is 2.71. The fraction of sp³-hybridized carbons (Fsp3) is 0.389. The van der Waals surface area contributed by atoms with E-state index < -0.39 is 26.6 Å². The summed E-state index contributed by atoms with van der Waals surface area (Å²) in [5.74, 6) is -1.87. The molecule has 0 saturated carbocycles. The number of anilines is 1. The van der Waals surface area contributed by atoms with Crippen LogP contribution < -0.4 is 5.32 Å². The lowest BCUT2D eigenvalue weighted by Crippen LogP contribution is -2.50. The number of carbonyl (C=O) groups is 1. The van der Waals surface area contributed by atoms with Crippen molar-refractivity contribution in [3.63, 3.8) is 0 Å². The van der Waals surface area contributed by atoms with Crippen molar-refractivity contribution in [3.8, 4) is 0 Å². The lowest BCUT2D eigenvalue weighted by atomic mass is 10.2. The number of carbonyl (C=O) groups excluding carboxylic acids is 1. The minimum atomic E-state index is -4.30. The number of aromatic nitrogens is 2. The highest BCUT2D eigenvalue weighted by Gasteiger charge is 2.33. The van der Waals surface area contributed by atoms with Crippen LogP contribution in [0.2, 0.25) is 0 Å². The van der Waals surface area contributed by atoms with E-state index in [1.165, 1.54) is 0 Å². The van der Waals surface area contributed by atoms with E-state index in [9.17, 15) is 22.0 Å². The van der Waals surface area contributed by atoms with Gasteiger partial charge in [0.25, 0.3) is 0 Å². The van der Waals surface area contributed by atoms with E-state index in [1.807, 2.05) is 0 Å². The number of benzene rings is 1. The molecule has 1 aliphatic heterocycles. The first-order chi connectivity index (χ1) is 13.9. The number of hydrogen-bond acceptors (Lipinski definition) is 6. The van der Waals surface area contributed by atoms with Gasteiger partial charge >= 0.3 is 0 Å². The number of amides is 1. The molecule has 1 saturated heterocycles. The van der Waals surface area contributed by atoms with E-state index in [0.29, 0.717) is 18.9 Å². The quantitative estimate of drug-likeness (QED) is 0.676. The highest BCUT2D eigenvalue weighted by Crippen LogP contribution is 2.23. The molecule has 0 radical (unpaired) electrons. The zero-order valence-corrected chi connectivity index (χ0v) is 16.4. The van der Waals surface area contributed by atoms with E-state index in [-0.39, 0.29) is 38.5 Å². The normalized spacial score (nSPS) is 15.3. The Labute approximate surface area is 167 Å². The van der Waals surface area contributed by atoms with Crippen LogP contribution in [0.1, 0.15) is 12.8 Å². The van der Waals surface area contributed by atoms with Gasteiger partial charge < -0.3 is 10.2 Å². The van der Waals surface area contributed by atoms with Crippen molar-refractivity contribution in [2.45, 2.75) is 17.7 Å². The maximum absolute atomic E-state index is 13.9. The number of piperazine rings is 1. The molecule has 1 aliphatic rings. The Kier molecular flexibility index (Phi) is 6.70. The molecule has 1 N–H and O–H groups in total. The Bertz CT molecular complexity index is 931. The van der Waals surface area contributed by atoms with Crippen LogP contribution in [-0.4, -0.2) is 66.2 Å². The highest BCUT2D eigenvalue weighted by molar-refractivity contribution is 7.89. The molecule has 1 aromatic heterocycles. The van der Waals surface area contributed by atoms with Gasteiger partial charge in [-0.25, -0.2) is 27.2 Å². The van der Waals surface area contributed by atoms with Crippen LogP contribution in [0.25, 0.3) is 0 Å². The number of rotatable bonds is 7. The number of hydrogen-bond donors (Lipinski definition) is 1. The molecular weight excluding hydrogens is 404 g/mol. The standard InChI is InChI=1S/C18H21F2N5O3S/c19-14-4-1-5-15(20)17(14)29(27,28)25-12-10-24(11-13-25)16(26)6-2-7-21-18-22-8-3-9-23-18/h1,3-5,8-9H,2,6-7,10-13H2,(H,21,22,23). The van der Waals surface area contributed by atoms with Crippen LogP contribution in [0, 0.1) is 11.6 Å². The second-order valence-electron chi connectivity index (χ2n) is 6.44. The molecule has 29 heavy (non-hydrogen) atoms. The number of halogens is 2. The van der Waals surface area contributed by atoms with Crippen molar-refractivity contribution in [2.75, 3.05) is 38.0 Å². The van der Waals surface area contributed by atoms with Crippen LogP contribution in [0.3, 0.4) is 0 Å². The average molecular weight is 425 g/mol.